The Kier molecular flexibility index (Phi) is 3.60. The second kappa shape index (κ2) is 5.28. The van der Waals surface area contributed by atoms with Gasteiger partial charge in [0.2, 0.25) is 0 Å². The fourth-order valence-corrected chi connectivity index (χ4v) is 3.33. The van der Waals surface area contributed by atoms with E-state index in [1.807, 2.05) is 0 Å². The Bertz CT molecular complexity index is 595. The highest BCUT2D eigenvalue weighted by Gasteiger charge is 2.42. The molecule has 1 aliphatic heterocycles. The summed E-state index contributed by atoms with van der Waals surface area (Å²) in [5.74, 6) is 0. The van der Waals surface area contributed by atoms with Crippen LogP contribution in [0, 0.1) is 0 Å². The van der Waals surface area contributed by atoms with Gasteiger partial charge in [0.15, 0.2) is 0 Å². The van der Waals surface area contributed by atoms with Crippen LogP contribution in [0.2, 0.25) is 0 Å². The third kappa shape index (κ3) is 2.50. The van der Waals surface area contributed by atoms with Crippen LogP contribution in [0.3, 0.4) is 0 Å². The predicted octanol–water partition coefficient (Wildman–Crippen LogP) is 3.35. The molecule has 2 aromatic carbocycles. The van der Waals surface area contributed by atoms with Gasteiger partial charge in [0.25, 0.3) is 0 Å². The molecule has 2 atom stereocenters. The Morgan fingerprint density at radius 1 is 0.857 bits per heavy atom. The van der Waals surface area contributed by atoms with Gasteiger partial charge in [-0.05, 0) is 32.0 Å². The van der Waals surface area contributed by atoms with Crippen LogP contribution in [0.5, 0.6) is 0 Å². The summed E-state index contributed by atoms with van der Waals surface area (Å²) >= 11 is 0. The smallest absolute Gasteiger partial charge is 0.0555 e. The van der Waals surface area contributed by atoms with Crippen molar-refractivity contribution in [1.29, 1.82) is 0 Å². The number of hydrogen-bond acceptors (Lipinski definition) is 2. The third-order valence-electron chi connectivity index (χ3n) is 5.03. The van der Waals surface area contributed by atoms with Gasteiger partial charge in [0, 0.05) is 13.1 Å². The van der Waals surface area contributed by atoms with Crippen LogP contribution in [0.15, 0.2) is 60.7 Å². The average molecular weight is 280 g/mol. The van der Waals surface area contributed by atoms with Gasteiger partial charge in [-0.15, -0.1) is 0 Å². The van der Waals surface area contributed by atoms with Gasteiger partial charge in [-0.2, -0.15) is 0 Å². The maximum atomic E-state index is 3.79. The molecule has 0 bridgehead atoms. The van der Waals surface area contributed by atoms with E-state index in [9.17, 15) is 0 Å². The van der Waals surface area contributed by atoms with Crippen LogP contribution in [-0.2, 0) is 11.1 Å². The lowest BCUT2D eigenvalue weighted by molar-refractivity contribution is 0.0401. The zero-order valence-corrected chi connectivity index (χ0v) is 13.1. The molecular formula is C19H24N2. The standard InChI is InChI=1S/C19H24N2/c1-18(16-10-6-4-7-11-16)15-21(3)19(2,14-20-18)17-12-8-5-9-13-17/h4-13,20H,14-15H2,1-3H3. The third-order valence-corrected chi connectivity index (χ3v) is 5.03. The predicted molar refractivity (Wildman–Crippen MR) is 88.2 cm³/mol. The monoisotopic (exact) mass is 280 g/mol. The van der Waals surface area contributed by atoms with E-state index in [0.29, 0.717) is 0 Å². The number of piperazine rings is 1. The lowest BCUT2D eigenvalue weighted by atomic mass is 9.81. The molecule has 0 amide bonds. The molecule has 0 aliphatic carbocycles. The Hall–Kier alpha value is -1.64. The largest absolute Gasteiger partial charge is 0.304 e. The number of benzene rings is 2. The van der Waals surface area contributed by atoms with Crippen molar-refractivity contribution in [1.82, 2.24) is 10.2 Å². The maximum absolute atomic E-state index is 3.79. The molecule has 1 aliphatic rings. The summed E-state index contributed by atoms with van der Waals surface area (Å²) in [4.78, 5) is 2.48. The van der Waals surface area contributed by atoms with Crippen molar-refractivity contribution in [2.24, 2.45) is 0 Å². The van der Waals surface area contributed by atoms with E-state index >= 15 is 0 Å². The number of nitrogens with one attached hydrogen (secondary N) is 1. The quantitative estimate of drug-likeness (QED) is 0.907. The van der Waals surface area contributed by atoms with E-state index in [1.165, 1.54) is 11.1 Å². The molecule has 1 heterocycles. The minimum absolute atomic E-state index is 0.00427. The normalized spacial score (nSPS) is 30.2. The fourth-order valence-electron chi connectivity index (χ4n) is 3.33. The topological polar surface area (TPSA) is 15.3 Å². The summed E-state index contributed by atoms with van der Waals surface area (Å²) in [5, 5.41) is 3.79. The molecule has 110 valence electrons. The molecule has 0 spiro atoms. The van der Waals surface area contributed by atoms with Crippen molar-refractivity contribution in [2.45, 2.75) is 24.9 Å². The second-order valence-corrected chi connectivity index (χ2v) is 6.55. The molecule has 2 nitrogen and oxygen atoms in total. The van der Waals surface area contributed by atoms with Crippen molar-refractivity contribution >= 4 is 0 Å². The zero-order valence-electron chi connectivity index (χ0n) is 13.1. The van der Waals surface area contributed by atoms with Crippen LogP contribution < -0.4 is 5.32 Å². The Balaban J connectivity index is 1.88. The summed E-state index contributed by atoms with van der Waals surface area (Å²) in [6.45, 7) is 6.55. The van der Waals surface area contributed by atoms with E-state index in [4.69, 9.17) is 0 Å². The van der Waals surface area contributed by atoms with Gasteiger partial charge in [0.05, 0.1) is 11.1 Å². The first-order valence-corrected chi connectivity index (χ1v) is 7.62. The maximum Gasteiger partial charge on any atom is 0.0555 e. The highest BCUT2D eigenvalue weighted by molar-refractivity contribution is 5.30. The molecule has 0 radical (unpaired) electrons. The molecule has 0 saturated carbocycles. The molecule has 1 saturated heterocycles. The van der Waals surface area contributed by atoms with E-state index in [-0.39, 0.29) is 11.1 Å². The Morgan fingerprint density at radius 3 is 1.90 bits per heavy atom. The van der Waals surface area contributed by atoms with Gasteiger partial charge in [-0.25, -0.2) is 0 Å². The van der Waals surface area contributed by atoms with Crippen LogP contribution in [-0.4, -0.2) is 25.0 Å². The molecule has 1 N–H and O–H groups in total. The lowest BCUT2D eigenvalue weighted by Crippen LogP contribution is -2.63. The summed E-state index contributed by atoms with van der Waals surface area (Å²) in [5.41, 5.74) is 2.77. The van der Waals surface area contributed by atoms with Crippen molar-refractivity contribution in [3.05, 3.63) is 71.8 Å². The number of likely N-dealkylation sites (N-methyl/N-ethyl adjacent to an activating group) is 1. The SMILES string of the molecule is CN1CC(C)(c2ccccc2)NCC1(C)c1ccccc1. The molecule has 2 aromatic rings. The highest BCUT2D eigenvalue weighted by atomic mass is 15.3. The van der Waals surface area contributed by atoms with Crippen molar-refractivity contribution in [3.8, 4) is 0 Å². The summed E-state index contributed by atoms with van der Waals surface area (Å²) < 4.78 is 0. The van der Waals surface area contributed by atoms with E-state index < -0.39 is 0 Å². The average Bonchev–Trinajstić information content (AvgIpc) is 2.53. The lowest BCUT2D eigenvalue weighted by Gasteiger charge is -2.51. The molecule has 0 aromatic heterocycles. The van der Waals surface area contributed by atoms with Crippen LogP contribution >= 0.6 is 0 Å². The summed E-state index contributed by atoms with van der Waals surface area (Å²) in [6, 6.07) is 21.5. The van der Waals surface area contributed by atoms with Crippen molar-refractivity contribution in [2.75, 3.05) is 20.1 Å². The van der Waals surface area contributed by atoms with Crippen LogP contribution in [0.4, 0.5) is 0 Å². The Labute approximate surface area is 127 Å². The highest BCUT2D eigenvalue weighted by Crippen LogP contribution is 2.35. The Morgan fingerprint density at radius 2 is 1.38 bits per heavy atom. The molecule has 1 fully saturated rings. The summed E-state index contributed by atoms with van der Waals surface area (Å²) in [7, 11) is 2.23. The van der Waals surface area contributed by atoms with Gasteiger partial charge in [-0.3, -0.25) is 4.90 Å². The second-order valence-electron chi connectivity index (χ2n) is 6.55. The molecule has 21 heavy (non-hydrogen) atoms. The van der Waals surface area contributed by atoms with Crippen molar-refractivity contribution < 1.29 is 0 Å². The fraction of sp³-hybridized carbons (Fsp3) is 0.368. The number of hydrogen-bond donors (Lipinski definition) is 1. The zero-order chi connectivity index (χ0) is 14.9. The van der Waals surface area contributed by atoms with Gasteiger partial charge < -0.3 is 5.32 Å². The van der Waals surface area contributed by atoms with Gasteiger partial charge in [0.1, 0.15) is 0 Å². The summed E-state index contributed by atoms with van der Waals surface area (Å²) in [6.07, 6.45) is 0. The molecule has 2 unspecified atom stereocenters. The van der Waals surface area contributed by atoms with Gasteiger partial charge in [-0.1, -0.05) is 60.7 Å². The van der Waals surface area contributed by atoms with Gasteiger partial charge >= 0.3 is 0 Å². The first-order valence-electron chi connectivity index (χ1n) is 7.62. The molecular weight excluding hydrogens is 256 g/mol. The van der Waals surface area contributed by atoms with Crippen LogP contribution in [0.25, 0.3) is 0 Å². The number of rotatable bonds is 2. The van der Waals surface area contributed by atoms with Crippen molar-refractivity contribution in [3.63, 3.8) is 0 Å². The van der Waals surface area contributed by atoms with E-state index in [0.717, 1.165) is 13.1 Å². The van der Waals surface area contributed by atoms with Crippen LogP contribution in [0.1, 0.15) is 25.0 Å². The van der Waals surface area contributed by atoms with E-state index in [2.05, 4.69) is 91.8 Å². The first-order chi connectivity index (χ1) is 10.0. The molecule has 3 rings (SSSR count). The minimum atomic E-state index is 0.00427. The minimum Gasteiger partial charge on any atom is -0.304 e. The molecule has 2 heteroatoms. The first kappa shape index (κ1) is 14.3. The van der Waals surface area contributed by atoms with E-state index in [1.54, 1.807) is 0 Å². The number of nitrogens with zero attached hydrogens (tertiary/aromatic N) is 1.